The van der Waals surface area contributed by atoms with Crippen LogP contribution in [0.3, 0.4) is 0 Å². The van der Waals surface area contributed by atoms with Crippen molar-refractivity contribution in [2.75, 3.05) is 0 Å². The van der Waals surface area contributed by atoms with E-state index < -0.39 is 26.1 Å². The van der Waals surface area contributed by atoms with E-state index in [0.29, 0.717) is 6.07 Å². The van der Waals surface area contributed by atoms with Crippen molar-refractivity contribution >= 4 is 19.7 Å². The second-order valence-electron chi connectivity index (χ2n) is 3.21. The van der Waals surface area contributed by atoms with E-state index in [1.807, 2.05) is 0 Å². The first-order valence-electron chi connectivity index (χ1n) is 4.30. The van der Waals surface area contributed by atoms with Gasteiger partial charge in [0.1, 0.15) is 16.7 Å². The lowest BCUT2D eigenvalue weighted by atomic mass is 10.1. The maximum absolute atomic E-state index is 12.1. The summed E-state index contributed by atoms with van der Waals surface area (Å²) in [7, 11) is 0.684. The third kappa shape index (κ3) is 3.51. The molecule has 0 saturated carbocycles. The normalized spacial score (nSPS) is 12.0. The Morgan fingerprint density at radius 3 is 2.33 bits per heavy atom. The van der Waals surface area contributed by atoms with Gasteiger partial charge in [0.05, 0.1) is 5.56 Å². The van der Waals surface area contributed by atoms with E-state index >= 15 is 0 Å². The highest BCUT2D eigenvalue weighted by Crippen LogP contribution is 2.31. The molecule has 4 nitrogen and oxygen atoms in total. The fraction of sp³-hybridized carbons (Fsp3) is 0.222. The van der Waals surface area contributed by atoms with Gasteiger partial charge in [-0.15, -0.1) is 13.2 Å². The Morgan fingerprint density at radius 2 is 1.94 bits per heavy atom. The Kier molecular flexibility index (Phi) is 3.78. The van der Waals surface area contributed by atoms with Crippen LogP contribution < -0.4 is 4.74 Å². The zero-order valence-corrected chi connectivity index (χ0v) is 10.3. The standard InChI is InChI=1S/C9H5ClF3NO3S/c1-5-2-6(4-14)8(18(10,15)16)3-7(5)17-9(11,12)13/h2-3H,1H3. The molecule has 0 atom stereocenters. The zero-order chi connectivity index (χ0) is 14.1. The van der Waals surface area contributed by atoms with Gasteiger partial charge in [-0.3, -0.25) is 0 Å². The summed E-state index contributed by atoms with van der Waals surface area (Å²) < 4.78 is 62.1. The quantitative estimate of drug-likeness (QED) is 0.787. The highest BCUT2D eigenvalue weighted by atomic mass is 35.7. The lowest BCUT2D eigenvalue weighted by molar-refractivity contribution is -0.274. The Balaban J connectivity index is 3.46. The van der Waals surface area contributed by atoms with Crippen molar-refractivity contribution < 1.29 is 26.3 Å². The molecule has 0 bridgehead atoms. The molecule has 1 aromatic carbocycles. The Morgan fingerprint density at radius 1 is 1.39 bits per heavy atom. The average Bonchev–Trinajstić information content (AvgIpc) is 2.16. The number of benzene rings is 1. The molecule has 0 aromatic heterocycles. The minimum Gasteiger partial charge on any atom is -0.405 e. The molecule has 1 aromatic rings. The first-order valence-corrected chi connectivity index (χ1v) is 6.60. The van der Waals surface area contributed by atoms with E-state index in [1.54, 1.807) is 0 Å². The summed E-state index contributed by atoms with van der Waals surface area (Å²) in [5, 5.41) is 8.69. The zero-order valence-electron chi connectivity index (χ0n) is 8.75. The average molecular weight is 300 g/mol. The number of hydrogen-bond acceptors (Lipinski definition) is 4. The number of hydrogen-bond donors (Lipinski definition) is 0. The van der Waals surface area contributed by atoms with Crippen LogP contribution in [0.4, 0.5) is 13.2 Å². The first kappa shape index (κ1) is 14.6. The minimum absolute atomic E-state index is 0.0343. The van der Waals surface area contributed by atoms with Crippen LogP contribution in [-0.4, -0.2) is 14.8 Å². The molecule has 0 unspecified atom stereocenters. The maximum atomic E-state index is 12.1. The van der Waals surface area contributed by atoms with Crippen molar-refractivity contribution in [3.63, 3.8) is 0 Å². The summed E-state index contributed by atoms with van der Waals surface area (Å²) >= 11 is 0. The van der Waals surface area contributed by atoms with Gasteiger partial charge in [-0.25, -0.2) is 8.42 Å². The molecule has 0 amide bonds. The van der Waals surface area contributed by atoms with E-state index in [2.05, 4.69) is 4.74 Å². The van der Waals surface area contributed by atoms with Crippen molar-refractivity contribution in [3.05, 3.63) is 23.3 Å². The van der Waals surface area contributed by atoms with Crippen molar-refractivity contribution in [1.29, 1.82) is 5.26 Å². The fourth-order valence-corrected chi connectivity index (χ4v) is 2.19. The minimum atomic E-state index is -4.97. The van der Waals surface area contributed by atoms with Crippen LogP contribution in [0.1, 0.15) is 11.1 Å². The van der Waals surface area contributed by atoms with Crippen LogP contribution in [-0.2, 0) is 9.05 Å². The summed E-state index contributed by atoms with van der Waals surface area (Å²) in [6, 6.07) is 3.06. The highest BCUT2D eigenvalue weighted by Gasteiger charge is 2.32. The lowest BCUT2D eigenvalue weighted by Gasteiger charge is -2.12. The van der Waals surface area contributed by atoms with Crippen LogP contribution in [0.25, 0.3) is 0 Å². The lowest BCUT2D eigenvalue weighted by Crippen LogP contribution is -2.18. The van der Waals surface area contributed by atoms with Gasteiger partial charge in [0, 0.05) is 16.7 Å². The summed E-state index contributed by atoms with van der Waals surface area (Å²) in [4.78, 5) is -0.725. The molecule has 0 saturated heterocycles. The molecule has 0 radical (unpaired) electrons. The monoisotopic (exact) mass is 299 g/mol. The van der Waals surface area contributed by atoms with Crippen molar-refractivity contribution in [2.24, 2.45) is 0 Å². The number of alkyl halides is 3. The molecule has 0 aliphatic rings. The van der Waals surface area contributed by atoms with Gasteiger partial charge in [-0.2, -0.15) is 5.26 Å². The summed E-state index contributed by atoms with van der Waals surface area (Å²) in [5.74, 6) is -0.722. The third-order valence-electron chi connectivity index (χ3n) is 1.89. The Labute approximate surface area is 105 Å². The number of nitrogens with zero attached hydrogens (tertiary/aromatic N) is 1. The Hall–Kier alpha value is -1.46. The SMILES string of the molecule is Cc1cc(C#N)c(S(=O)(=O)Cl)cc1OC(F)(F)F. The van der Waals surface area contributed by atoms with Gasteiger partial charge in [0.2, 0.25) is 0 Å². The van der Waals surface area contributed by atoms with E-state index in [0.717, 1.165) is 6.07 Å². The summed E-state index contributed by atoms with van der Waals surface area (Å²) in [6.45, 7) is 1.24. The topological polar surface area (TPSA) is 67.2 Å². The predicted octanol–water partition coefficient (Wildman–Crippen LogP) is 2.69. The second kappa shape index (κ2) is 4.66. The maximum Gasteiger partial charge on any atom is 0.573 e. The van der Waals surface area contributed by atoms with Crippen LogP contribution >= 0.6 is 10.7 Å². The van der Waals surface area contributed by atoms with Gasteiger partial charge in [0.25, 0.3) is 9.05 Å². The number of rotatable bonds is 2. The van der Waals surface area contributed by atoms with Gasteiger partial charge in [-0.1, -0.05) is 0 Å². The van der Waals surface area contributed by atoms with Gasteiger partial charge in [-0.05, 0) is 18.6 Å². The number of ether oxygens (including phenoxy) is 1. The van der Waals surface area contributed by atoms with Crippen molar-refractivity contribution in [2.45, 2.75) is 18.2 Å². The molecular formula is C9H5ClF3NO3S. The highest BCUT2D eigenvalue weighted by molar-refractivity contribution is 8.13. The van der Waals surface area contributed by atoms with Gasteiger partial charge >= 0.3 is 6.36 Å². The van der Waals surface area contributed by atoms with Crippen molar-refractivity contribution in [1.82, 2.24) is 0 Å². The van der Waals surface area contributed by atoms with Crippen molar-refractivity contribution in [3.8, 4) is 11.8 Å². The van der Waals surface area contributed by atoms with E-state index in [1.165, 1.54) is 13.0 Å². The number of aryl methyl sites for hydroxylation is 1. The van der Waals surface area contributed by atoms with Crippen LogP contribution in [0, 0.1) is 18.3 Å². The molecule has 0 spiro atoms. The summed E-state index contributed by atoms with van der Waals surface area (Å²) in [5.41, 5.74) is -0.384. The number of halogens is 4. The molecule has 0 heterocycles. The smallest absolute Gasteiger partial charge is 0.405 e. The predicted molar refractivity (Wildman–Crippen MR) is 55.6 cm³/mol. The van der Waals surface area contributed by atoms with Crippen LogP contribution in [0.2, 0.25) is 0 Å². The molecular weight excluding hydrogens is 295 g/mol. The molecule has 9 heteroatoms. The van der Waals surface area contributed by atoms with E-state index in [-0.39, 0.29) is 11.1 Å². The van der Waals surface area contributed by atoms with E-state index in [9.17, 15) is 21.6 Å². The van der Waals surface area contributed by atoms with Crippen LogP contribution in [0.15, 0.2) is 17.0 Å². The molecule has 0 aliphatic carbocycles. The Bertz CT molecular complexity index is 619. The molecule has 0 N–H and O–H groups in total. The van der Waals surface area contributed by atoms with Gasteiger partial charge < -0.3 is 4.74 Å². The molecule has 1 rings (SSSR count). The van der Waals surface area contributed by atoms with Gasteiger partial charge in [0.15, 0.2) is 0 Å². The molecule has 98 valence electrons. The molecule has 0 fully saturated rings. The summed E-state index contributed by atoms with van der Waals surface area (Å²) in [6.07, 6.45) is -4.97. The third-order valence-corrected chi connectivity index (χ3v) is 3.25. The molecule has 0 aliphatic heterocycles. The second-order valence-corrected chi connectivity index (χ2v) is 5.75. The fourth-order valence-electron chi connectivity index (χ4n) is 1.19. The largest absolute Gasteiger partial charge is 0.573 e. The van der Waals surface area contributed by atoms with Crippen LogP contribution in [0.5, 0.6) is 5.75 Å². The first-order chi connectivity index (χ1) is 8.04. The van der Waals surface area contributed by atoms with E-state index in [4.69, 9.17) is 15.9 Å². The number of nitriles is 1. The molecule has 18 heavy (non-hydrogen) atoms.